The highest BCUT2D eigenvalue weighted by Gasteiger charge is 2.10. The maximum absolute atomic E-state index is 11.4. The highest BCUT2D eigenvalue weighted by atomic mass is 16.6. The second-order valence-corrected chi connectivity index (χ2v) is 5.06. The molecule has 3 rings (SSSR count). The number of fused-ring (bicyclic) bond motifs is 1. The van der Waals surface area contributed by atoms with Crippen molar-refractivity contribution in [1.29, 1.82) is 0 Å². The van der Waals surface area contributed by atoms with Gasteiger partial charge < -0.3 is 9.73 Å². The maximum Gasteiger partial charge on any atom is 0.433 e. The lowest BCUT2D eigenvalue weighted by atomic mass is 10.1. The first-order valence-electron chi connectivity index (χ1n) is 7.12. The Bertz CT molecular complexity index is 959. The van der Waals surface area contributed by atoms with Crippen molar-refractivity contribution in [2.75, 3.05) is 5.32 Å². The van der Waals surface area contributed by atoms with Gasteiger partial charge in [-0.1, -0.05) is 18.2 Å². The van der Waals surface area contributed by atoms with Crippen molar-refractivity contribution in [3.8, 4) is 0 Å². The van der Waals surface area contributed by atoms with E-state index in [-0.39, 0.29) is 11.8 Å². The molecule has 3 aromatic rings. The van der Waals surface area contributed by atoms with Crippen molar-refractivity contribution < 1.29 is 14.1 Å². The topological polar surface area (TPSA) is 98.3 Å². The third kappa shape index (κ3) is 3.30. The summed E-state index contributed by atoms with van der Waals surface area (Å²) in [7, 11) is 0. The number of carbonyl (C=O) groups is 1. The van der Waals surface area contributed by atoms with Gasteiger partial charge in [0.1, 0.15) is 10.7 Å². The number of pyridine rings is 1. The van der Waals surface area contributed by atoms with E-state index in [0.29, 0.717) is 17.1 Å². The van der Waals surface area contributed by atoms with Gasteiger partial charge in [-0.25, -0.2) is 4.98 Å². The molecule has 1 aromatic carbocycles. The van der Waals surface area contributed by atoms with Crippen molar-refractivity contribution in [2.45, 2.75) is 6.92 Å². The molecular weight excluding hydrogens is 310 g/mol. The summed E-state index contributed by atoms with van der Waals surface area (Å²) >= 11 is 0. The molecule has 7 heteroatoms. The number of amides is 1. The van der Waals surface area contributed by atoms with E-state index in [1.54, 1.807) is 18.2 Å². The first kappa shape index (κ1) is 15.4. The van der Waals surface area contributed by atoms with E-state index in [1.807, 2.05) is 24.3 Å². The number of carbonyl (C=O) groups excluding carboxylic acids is 1. The fraction of sp³-hybridized carbons (Fsp3) is 0.0588. The summed E-state index contributed by atoms with van der Waals surface area (Å²) in [6, 6.07) is 12.0. The number of nitrogens with one attached hydrogen (secondary N) is 1. The molecule has 0 radical (unpaired) electrons. The number of para-hydroxylation sites is 1. The Morgan fingerprint density at radius 1 is 1.25 bits per heavy atom. The first-order valence-corrected chi connectivity index (χ1v) is 7.12. The number of aromatic nitrogens is 1. The lowest BCUT2D eigenvalue weighted by Crippen LogP contribution is -2.06. The van der Waals surface area contributed by atoms with E-state index in [2.05, 4.69) is 10.3 Å². The molecule has 0 aliphatic rings. The van der Waals surface area contributed by atoms with Gasteiger partial charge in [0.15, 0.2) is 0 Å². The van der Waals surface area contributed by atoms with Crippen LogP contribution >= 0.6 is 0 Å². The molecule has 1 N–H and O–H groups in total. The van der Waals surface area contributed by atoms with Crippen LogP contribution in [-0.4, -0.2) is 15.8 Å². The Balaban J connectivity index is 1.97. The highest BCUT2D eigenvalue weighted by molar-refractivity contribution is 6.00. The van der Waals surface area contributed by atoms with Crippen LogP contribution in [0, 0.1) is 10.1 Å². The maximum atomic E-state index is 11.4. The molecule has 24 heavy (non-hydrogen) atoms. The summed E-state index contributed by atoms with van der Waals surface area (Å²) in [6.07, 6.45) is 3.25. The Kier molecular flexibility index (Phi) is 4.07. The molecule has 0 spiro atoms. The van der Waals surface area contributed by atoms with E-state index in [1.165, 1.54) is 19.1 Å². The fourth-order valence-corrected chi connectivity index (χ4v) is 2.27. The summed E-state index contributed by atoms with van der Waals surface area (Å²) in [4.78, 5) is 25.9. The third-order valence-electron chi connectivity index (χ3n) is 3.26. The third-order valence-corrected chi connectivity index (χ3v) is 3.26. The number of nitro groups is 1. The average molecular weight is 323 g/mol. The predicted molar refractivity (Wildman–Crippen MR) is 90.3 cm³/mol. The second-order valence-electron chi connectivity index (χ2n) is 5.06. The normalized spacial score (nSPS) is 11.0. The van der Waals surface area contributed by atoms with Crippen LogP contribution in [0.1, 0.15) is 18.4 Å². The minimum absolute atomic E-state index is 0.178. The zero-order valence-electron chi connectivity index (χ0n) is 12.7. The zero-order chi connectivity index (χ0) is 17.1. The van der Waals surface area contributed by atoms with Gasteiger partial charge in [-0.2, -0.15) is 0 Å². The number of nitrogens with zero attached hydrogens (tertiary/aromatic N) is 2. The van der Waals surface area contributed by atoms with E-state index >= 15 is 0 Å². The molecule has 0 aliphatic heterocycles. The minimum atomic E-state index is -0.597. The molecule has 2 aromatic heterocycles. The van der Waals surface area contributed by atoms with Crippen LogP contribution in [0.4, 0.5) is 11.6 Å². The van der Waals surface area contributed by atoms with Crippen LogP contribution in [0.3, 0.4) is 0 Å². The quantitative estimate of drug-likeness (QED) is 0.580. The highest BCUT2D eigenvalue weighted by Crippen LogP contribution is 2.24. The SMILES string of the molecule is CC(=O)Nc1cc(/C=C/c2ccc([N+](=O)[O-])o2)nc2ccccc12. The van der Waals surface area contributed by atoms with Crippen molar-refractivity contribution in [3.63, 3.8) is 0 Å². The van der Waals surface area contributed by atoms with Gasteiger partial charge >= 0.3 is 5.88 Å². The van der Waals surface area contributed by atoms with E-state index in [0.717, 1.165) is 10.9 Å². The fourth-order valence-electron chi connectivity index (χ4n) is 2.27. The summed E-state index contributed by atoms with van der Waals surface area (Å²) in [6.45, 7) is 1.44. The van der Waals surface area contributed by atoms with Gasteiger partial charge in [-0.15, -0.1) is 0 Å². The number of furan rings is 1. The van der Waals surface area contributed by atoms with Gasteiger partial charge in [0.25, 0.3) is 0 Å². The zero-order valence-corrected chi connectivity index (χ0v) is 12.7. The Labute approximate surface area is 136 Å². The molecule has 0 saturated heterocycles. The Morgan fingerprint density at radius 2 is 2.04 bits per heavy atom. The first-order chi connectivity index (χ1) is 11.5. The van der Waals surface area contributed by atoms with Gasteiger partial charge in [0.2, 0.25) is 5.91 Å². The lowest BCUT2D eigenvalue weighted by molar-refractivity contribution is -0.402. The molecule has 0 fully saturated rings. The second kappa shape index (κ2) is 6.33. The number of anilines is 1. The van der Waals surface area contributed by atoms with Crippen molar-refractivity contribution in [3.05, 3.63) is 64.0 Å². The molecule has 0 aliphatic carbocycles. The van der Waals surface area contributed by atoms with Crippen LogP contribution in [-0.2, 0) is 4.79 Å². The Hall–Kier alpha value is -3.48. The predicted octanol–water partition coefficient (Wildman–Crippen LogP) is 3.86. The molecule has 7 nitrogen and oxygen atoms in total. The number of benzene rings is 1. The van der Waals surface area contributed by atoms with Gasteiger partial charge in [-0.3, -0.25) is 14.9 Å². The van der Waals surface area contributed by atoms with Crippen LogP contribution < -0.4 is 5.32 Å². The van der Waals surface area contributed by atoms with Crippen LogP contribution in [0.25, 0.3) is 23.1 Å². The van der Waals surface area contributed by atoms with Gasteiger partial charge in [0, 0.05) is 12.3 Å². The van der Waals surface area contributed by atoms with Crippen molar-refractivity contribution in [1.82, 2.24) is 4.98 Å². The largest absolute Gasteiger partial charge is 0.433 e. The molecule has 120 valence electrons. The van der Waals surface area contributed by atoms with E-state index < -0.39 is 4.92 Å². The summed E-state index contributed by atoms with van der Waals surface area (Å²) in [5.41, 5.74) is 1.98. The van der Waals surface area contributed by atoms with Gasteiger partial charge in [0.05, 0.1) is 23.0 Å². The van der Waals surface area contributed by atoms with Crippen molar-refractivity contribution >= 4 is 40.5 Å². The van der Waals surface area contributed by atoms with Crippen molar-refractivity contribution in [2.24, 2.45) is 0 Å². The van der Waals surface area contributed by atoms with Crippen LogP contribution in [0.15, 0.2) is 46.9 Å². The van der Waals surface area contributed by atoms with E-state index in [9.17, 15) is 14.9 Å². The summed E-state index contributed by atoms with van der Waals surface area (Å²) < 4.78 is 5.07. The molecule has 0 bridgehead atoms. The van der Waals surface area contributed by atoms with Crippen LogP contribution in [0.2, 0.25) is 0 Å². The smallest absolute Gasteiger partial charge is 0.401 e. The standard InChI is InChI=1S/C17H13N3O4/c1-11(21)18-16-10-12(19-15-5-3-2-4-14(15)16)6-7-13-8-9-17(24-13)20(22)23/h2-10H,1H3,(H,18,19,21)/b7-6+. The monoisotopic (exact) mass is 323 g/mol. The Morgan fingerprint density at radius 3 is 2.75 bits per heavy atom. The van der Waals surface area contributed by atoms with Crippen LogP contribution in [0.5, 0.6) is 0 Å². The van der Waals surface area contributed by atoms with Gasteiger partial charge in [-0.05, 0) is 30.4 Å². The summed E-state index contributed by atoms with van der Waals surface area (Å²) in [5.74, 6) is -0.152. The number of rotatable bonds is 4. The molecule has 0 saturated carbocycles. The molecule has 2 heterocycles. The average Bonchev–Trinajstić information content (AvgIpc) is 3.02. The number of hydrogen-bond donors (Lipinski definition) is 1. The molecule has 1 amide bonds. The number of hydrogen-bond acceptors (Lipinski definition) is 5. The molecule has 0 atom stereocenters. The molecule has 0 unspecified atom stereocenters. The minimum Gasteiger partial charge on any atom is -0.401 e. The van der Waals surface area contributed by atoms with E-state index in [4.69, 9.17) is 4.42 Å². The molecular formula is C17H13N3O4. The lowest BCUT2D eigenvalue weighted by Gasteiger charge is -2.08. The summed E-state index contributed by atoms with van der Waals surface area (Å²) in [5, 5.41) is 14.2.